The Labute approximate surface area is 265 Å². The number of ether oxygens (including phenoxy) is 1. The van der Waals surface area contributed by atoms with E-state index < -0.39 is 35.2 Å². The number of ketones is 1. The zero-order valence-corrected chi connectivity index (χ0v) is 25.8. The van der Waals surface area contributed by atoms with Crippen LogP contribution in [0.2, 0.25) is 0 Å². The SMILES string of the molecule is COC(=O)[C@H](C)CC(=O)[C@@H](CC(=O)NC(c1ccccc1)(c1ccccc1)c1ccccc1)NC(=O)CCCc1ccccc1. The number of aryl methyl sites for hydroxylation is 1. The largest absolute Gasteiger partial charge is 0.469 e. The molecule has 0 saturated heterocycles. The summed E-state index contributed by atoms with van der Waals surface area (Å²) in [6.45, 7) is 1.59. The molecule has 4 rings (SSSR count). The van der Waals surface area contributed by atoms with Crippen molar-refractivity contribution in [3.8, 4) is 0 Å². The number of amides is 2. The van der Waals surface area contributed by atoms with Gasteiger partial charge in [-0.1, -0.05) is 128 Å². The van der Waals surface area contributed by atoms with E-state index >= 15 is 0 Å². The highest BCUT2D eigenvalue weighted by molar-refractivity contribution is 5.95. The third-order valence-corrected chi connectivity index (χ3v) is 7.88. The normalized spacial score (nSPS) is 12.4. The van der Waals surface area contributed by atoms with Crippen molar-refractivity contribution in [1.29, 1.82) is 0 Å². The predicted molar refractivity (Wildman–Crippen MR) is 174 cm³/mol. The smallest absolute Gasteiger partial charge is 0.308 e. The molecule has 0 fully saturated rings. The molecular formula is C38H40N2O5. The van der Waals surface area contributed by atoms with Crippen LogP contribution in [0.4, 0.5) is 0 Å². The van der Waals surface area contributed by atoms with E-state index in [0.717, 1.165) is 22.3 Å². The Morgan fingerprint density at radius 1 is 0.667 bits per heavy atom. The summed E-state index contributed by atoms with van der Waals surface area (Å²) < 4.78 is 4.81. The fourth-order valence-corrected chi connectivity index (χ4v) is 5.56. The molecule has 232 valence electrons. The standard InChI is InChI=1S/C38H40N2O5/c1-28(37(44)45-2)26-34(41)33(39-35(42)25-15-18-29-16-7-3-8-17-29)27-36(43)40-38(30-19-9-4-10-20-30,31-21-11-5-12-22-31)32-23-13-6-14-24-32/h3-14,16-17,19-24,28,33H,15,18,25-27H2,1-2H3,(H,39,42)(H,40,43)/t28-,33-/m1/s1. The van der Waals surface area contributed by atoms with Gasteiger partial charge in [0.15, 0.2) is 5.78 Å². The Bertz CT molecular complexity index is 1450. The number of rotatable bonds is 15. The van der Waals surface area contributed by atoms with Gasteiger partial charge in [-0.15, -0.1) is 0 Å². The van der Waals surface area contributed by atoms with Gasteiger partial charge in [0.2, 0.25) is 11.8 Å². The lowest BCUT2D eigenvalue weighted by atomic mass is 9.76. The van der Waals surface area contributed by atoms with E-state index in [1.807, 2.05) is 121 Å². The number of esters is 1. The first-order chi connectivity index (χ1) is 21.8. The van der Waals surface area contributed by atoms with Gasteiger partial charge in [-0.05, 0) is 35.1 Å². The summed E-state index contributed by atoms with van der Waals surface area (Å²) in [5, 5.41) is 6.06. The minimum absolute atomic E-state index is 0.171. The quantitative estimate of drug-likeness (QED) is 0.133. The maximum atomic E-state index is 14.0. The molecule has 0 aliphatic heterocycles. The van der Waals surface area contributed by atoms with Crippen LogP contribution in [0.5, 0.6) is 0 Å². The summed E-state index contributed by atoms with van der Waals surface area (Å²) in [7, 11) is 1.26. The van der Waals surface area contributed by atoms with Crippen LogP contribution < -0.4 is 10.6 Å². The maximum absolute atomic E-state index is 14.0. The van der Waals surface area contributed by atoms with Crippen molar-refractivity contribution >= 4 is 23.6 Å². The summed E-state index contributed by atoms with van der Waals surface area (Å²) >= 11 is 0. The average molecular weight is 605 g/mol. The Balaban J connectivity index is 1.61. The number of methoxy groups -OCH3 is 1. The van der Waals surface area contributed by atoms with Crippen molar-refractivity contribution < 1.29 is 23.9 Å². The summed E-state index contributed by atoms with van der Waals surface area (Å²) in [6.07, 6.45) is 1.01. The molecule has 0 bridgehead atoms. The highest BCUT2D eigenvalue weighted by Gasteiger charge is 2.39. The minimum atomic E-state index is -1.12. The third-order valence-electron chi connectivity index (χ3n) is 7.88. The van der Waals surface area contributed by atoms with E-state index in [1.165, 1.54) is 7.11 Å². The molecule has 45 heavy (non-hydrogen) atoms. The van der Waals surface area contributed by atoms with E-state index in [0.29, 0.717) is 12.8 Å². The molecule has 7 nitrogen and oxygen atoms in total. The average Bonchev–Trinajstić information content (AvgIpc) is 3.08. The first-order valence-corrected chi connectivity index (χ1v) is 15.2. The molecular weight excluding hydrogens is 564 g/mol. The lowest BCUT2D eigenvalue weighted by molar-refractivity contribution is -0.146. The van der Waals surface area contributed by atoms with E-state index in [2.05, 4.69) is 10.6 Å². The Kier molecular flexibility index (Phi) is 11.8. The second-order valence-electron chi connectivity index (χ2n) is 11.2. The molecule has 0 spiro atoms. The van der Waals surface area contributed by atoms with Crippen molar-refractivity contribution in [3.05, 3.63) is 144 Å². The fraction of sp³-hybridized carbons (Fsp3) is 0.263. The number of carbonyl (C=O) groups is 4. The highest BCUT2D eigenvalue weighted by atomic mass is 16.5. The van der Waals surface area contributed by atoms with Crippen LogP contribution in [0.3, 0.4) is 0 Å². The van der Waals surface area contributed by atoms with Crippen LogP contribution in [0.25, 0.3) is 0 Å². The van der Waals surface area contributed by atoms with Crippen LogP contribution in [-0.2, 0) is 35.9 Å². The summed E-state index contributed by atoms with van der Waals surface area (Å²) in [5.41, 5.74) is 2.55. The molecule has 0 unspecified atom stereocenters. The van der Waals surface area contributed by atoms with Gasteiger partial charge in [-0.25, -0.2) is 0 Å². The number of hydrogen-bond donors (Lipinski definition) is 2. The third kappa shape index (κ3) is 8.76. The molecule has 2 amide bonds. The fourth-order valence-electron chi connectivity index (χ4n) is 5.56. The lowest BCUT2D eigenvalue weighted by Crippen LogP contribution is -2.51. The van der Waals surface area contributed by atoms with E-state index in [9.17, 15) is 19.2 Å². The van der Waals surface area contributed by atoms with Gasteiger partial charge in [0.1, 0.15) is 5.54 Å². The van der Waals surface area contributed by atoms with Crippen LogP contribution in [0, 0.1) is 5.92 Å². The van der Waals surface area contributed by atoms with Gasteiger partial charge in [-0.2, -0.15) is 0 Å². The molecule has 0 aromatic heterocycles. The number of benzene rings is 4. The first kappa shape index (κ1) is 32.9. The van der Waals surface area contributed by atoms with E-state index in [1.54, 1.807) is 6.92 Å². The highest BCUT2D eigenvalue weighted by Crippen LogP contribution is 2.37. The summed E-state index contributed by atoms with van der Waals surface area (Å²) in [6, 6.07) is 37.7. The molecule has 4 aromatic carbocycles. The van der Waals surface area contributed by atoms with Crippen molar-refractivity contribution in [2.24, 2.45) is 5.92 Å². The van der Waals surface area contributed by atoms with Crippen molar-refractivity contribution in [1.82, 2.24) is 10.6 Å². The van der Waals surface area contributed by atoms with Crippen LogP contribution >= 0.6 is 0 Å². The molecule has 0 heterocycles. The van der Waals surface area contributed by atoms with Gasteiger partial charge in [0.25, 0.3) is 0 Å². The van der Waals surface area contributed by atoms with Crippen molar-refractivity contribution in [3.63, 3.8) is 0 Å². The van der Waals surface area contributed by atoms with Gasteiger partial charge < -0.3 is 15.4 Å². The molecule has 0 saturated carbocycles. The van der Waals surface area contributed by atoms with E-state index in [4.69, 9.17) is 4.74 Å². The minimum Gasteiger partial charge on any atom is -0.469 e. The molecule has 0 aliphatic rings. The Morgan fingerprint density at radius 2 is 1.13 bits per heavy atom. The zero-order valence-electron chi connectivity index (χ0n) is 25.8. The monoisotopic (exact) mass is 604 g/mol. The van der Waals surface area contributed by atoms with Gasteiger partial charge in [0.05, 0.1) is 25.5 Å². The summed E-state index contributed by atoms with van der Waals surface area (Å²) in [5.74, 6) is -2.43. The Hall–Kier alpha value is -5.04. The molecule has 0 radical (unpaired) electrons. The van der Waals surface area contributed by atoms with Crippen LogP contribution in [0.15, 0.2) is 121 Å². The molecule has 2 N–H and O–H groups in total. The number of hydrogen-bond acceptors (Lipinski definition) is 5. The zero-order chi connectivity index (χ0) is 32.1. The second-order valence-corrected chi connectivity index (χ2v) is 11.2. The maximum Gasteiger partial charge on any atom is 0.308 e. The van der Waals surface area contributed by atoms with Crippen LogP contribution in [0.1, 0.15) is 54.9 Å². The van der Waals surface area contributed by atoms with Crippen molar-refractivity contribution in [2.45, 2.75) is 50.6 Å². The Morgan fingerprint density at radius 3 is 1.60 bits per heavy atom. The number of Topliss-reactive ketones (excluding diaryl/α,β-unsaturated/α-hetero) is 1. The number of nitrogens with one attached hydrogen (secondary N) is 2. The van der Waals surface area contributed by atoms with Gasteiger partial charge in [-0.3, -0.25) is 19.2 Å². The first-order valence-electron chi connectivity index (χ1n) is 15.2. The topological polar surface area (TPSA) is 102 Å². The predicted octanol–water partition coefficient (Wildman–Crippen LogP) is 5.76. The molecule has 4 aromatic rings. The molecule has 7 heteroatoms. The molecule has 2 atom stereocenters. The van der Waals surface area contributed by atoms with Gasteiger partial charge >= 0.3 is 5.97 Å². The second kappa shape index (κ2) is 16.1. The lowest BCUT2D eigenvalue weighted by Gasteiger charge is -2.37. The molecule has 0 aliphatic carbocycles. The van der Waals surface area contributed by atoms with Crippen molar-refractivity contribution in [2.75, 3.05) is 7.11 Å². The number of carbonyl (C=O) groups excluding carboxylic acids is 4. The van der Waals surface area contributed by atoms with Crippen LogP contribution in [-0.4, -0.2) is 36.7 Å². The van der Waals surface area contributed by atoms with Gasteiger partial charge in [0, 0.05) is 12.8 Å². The summed E-state index contributed by atoms with van der Waals surface area (Å²) in [4.78, 5) is 52.7. The van der Waals surface area contributed by atoms with E-state index in [-0.39, 0.29) is 25.2 Å².